The molecular weight excluding hydrogens is 476 g/mol. The summed E-state index contributed by atoms with van der Waals surface area (Å²) in [7, 11) is 0. The maximum Gasteiger partial charge on any atom is 0.341 e. The summed E-state index contributed by atoms with van der Waals surface area (Å²) in [4.78, 5) is 23.7. The van der Waals surface area contributed by atoms with Crippen molar-refractivity contribution in [1.82, 2.24) is 9.88 Å². The third-order valence-corrected chi connectivity index (χ3v) is 7.60. The fourth-order valence-electron chi connectivity index (χ4n) is 5.09. The van der Waals surface area contributed by atoms with Crippen molar-refractivity contribution >= 4 is 22.8 Å². The Morgan fingerprint density at radius 3 is 2.58 bits per heavy atom. The summed E-state index contributed by atoms with van der Waals surface area (Å²) in [5.74, 6) is 0.229. The lowest BCUT2D eigenvalue weighted by atomic mass is 10.0. The minimum absolute atomic E-state index is 0.0529. The predicted molar refractivity (Wildman–Crippen MR) is 149 cm³/mol. The van der Waals surface area contributed by atoms with Gasteiger partial charge in [-0.05, 0) is 104 Å². The van der Waals surface area contributed by atoms with Gasteiger partial charge in [0.15, 0.2) is 6.61 Å². The van der Waals surface area contributed by atoms with Gasteiger partial charge in [0.2, 0.25) is 0 Å². The fraction of sp³-hybridized carbons (Fsp3) is 0.312. The van der Waals surface area contributed by atoms with Crippen LogP contribution < -0.4 is 10.1 Å². The van der Waals surface area contributed by atoms with Crippen molar-refractivity contribution in [2.75, 3.05) is 13.2 Å². The van der Waals surface area contributed by atoms with Crippen LogP contribution in [-0.4, -0.2) is 34.7 Å². The number of benzene rings is 3. The highest BCUT2D eigenvalue weighted by Gasteiger charge is 2.23. The number of aromatic nitrogens is 1. The molecule has 38 heavy (non-hydrogen) atoms. The molecule has 5 rings (SSSR count). The van der Waals surface area contributed by atoms with Gasteiger partial charge < -0.3 is 19.7 Å². The minimum Gasteiger partial charge on any atom is -0.482 e. The molecule has 4 aromatic rings. The molecule has 0 bridgehead atoms. The number of carboxylic acids is 1. The Balaban J connectivity index is 1.28. The Kier molecular flexibility index (Phi) is 7.23. The van der Waals surface area contributed by atoms with Crippen molar-refractivity contribution < 1.29 is 19.4 Å². The lowest BCUT2D eigenvalue weighted by Gasteiger charge is -2.13. The number of nitrogens with one attached hydrogen (secondary N) is 1. The number of hydrogen-bond donors (Lipinski definition) is 2. The highest BCUT2D eigenvalue weighted by molar-refractivity contribution is 5.99. The zero-order valence-electron chi connectivity index (χ0n) is 22.2. The topological polar surface area (TPSA) is 80.6 Å². The fourth-order valence-corrected chi connectivity index (χ4v) is 5.09. The van der Waals surface area contributed by atoms with Gasteiger partial charge in [-0.1, -0.05) is 30.3 Å². The molecule has 0 unspecified atom stereocenters. The highest BCUT2D eigenvalue weighted by Crippen LogP contribution is 2.40. The summed E-state index contributed by atoms with van der Waals surface area (Å²) in [6, 6.07) is 20.3. The van der Waals surface area contributed by atoms with E-state index in [9.17, 15) is 9.59 Å². The number of aryl methyl sites for hydroxylation is 2. The number of rotatable bonds is 10. The zero-order valence-corrected chi connectivity index (χ0v) is 22.2. The summed E-state index contributed by atoms with van der Waals surface area (Å²) < 4.78 is 7.58. The van der Waals surface area contributed by atoms with Crippen LogP contribution in [0.2, 0.25) is 0 Å². The van der Waals surface area contributed by atoms with Crippen LogP contribution in [0.3, 0.4) is 0 Å². The number of aliphatic carboxylic acids is 1. The maximum absolute atomic E-state index is 13.0. The molecule has 1 fully saturated rings. The standard InChI is InChI=1S/C32H34N2O4/c1-20-15-28(38-19-31(35)36)11-9-27(20)18-34-22(3)21(2)29-17-26(10-12-30(29)34)32(37)33-14-13-23-5-4-6-25(16-23)24-7-8-24/h4-6,9-12,15-17,24H,7-8,13-14,18-19H2,1-3H3,(H,33,37)(H,35,36). The third kappa shape index (κ3) is 5.59. The van der Waals surface area contributed by atoms with E-state index in [2.05, 4.69) is 48.0 Å². The second-order valence-corrected chi connectivity index (χ2v) is 10.3. The Labute approximate surface area is 223 Å². The van der Waals surface area contributed by atoms with Gasteiger partial charge in [0.25, 0.3) is 5.91 Å². The second-order valence-electron chi connectivity index (χ2n) is 10.3. The predicted octanol–water partition coefficient (Wildman–Crippen LogP) is 5.93. The lowest BCUT2D eigenvalue weighted by Crippen LogP contribution is -2.25. The van der Waals surface area contributed by atoms with Crippen LogP contribution in [0.15, 0.2) is 60.7 Å². The SMILES string of the molecule is Cc1cc(OCC(=O)O)ccc1Cn1c(C)c(C)c2cc(C(=O)NCCc3cccc(C4CC4)c3)ccc21. The molecule has 0 spiro atoms. The van der Waals surface area contributed by atoms with Crippen LogP contribution in [0.4, 0.5) is 0 Å². The van der Waals surface area contributed by atoms with E-state index in [4.69, 9.17) is 9.84 Å². The number of amides is 1. The molecule has 1 saturated carbocycles. The number of nitrogens with zero attached hydrogens (tertiary/aromatic N) is 1. The quantitative estimate of drug-likeness (QED) is 0.277. The summed E-state index contributed by atoms with van der Waals surface area (Å²) in [6.45, 7) is 7.12. The molecule has 1 heterocycles. The molecule has 1 aliphatic rings. The molecule has 0 aliphatic heterocycles. The van der Waals surface area contributed by atoms with Crippen molar-refractivity contribution in [3.63, 3.8) is 0 Å². The molecule has 3 aromatic carbocycles. The number of hydrogen-bond acceptors (Lipinski definition) is 3. The molecular formula is C32H34N2O4. The molecule has 0 radical (unpaired) electrons. The monoisotopic (exact) mass is 510 g/mol. The van der Waals surface area contributed by atoms with E-state index in [0.29, 0.717) is 24.4 Å². The van der Waals surface area contributed by atoms with Crippen molar-refractivity contribution in [2.45, 2.75) is 52.5 Å². The number of ether oxygens (including phenoxy) is 1. The van der Waals surface area contributed by atoms with Crippen LogP contribution in [0, 0.1) is 20.8 Å². The normalized spacial score (nSPS) is 13.0. The number of carbonyl (C=O) groups is 2. The lowest BCUT2D eigenvalue weighted by molar-refractivity contribution is -0.139. The summed E-state index contributed by atoms with van der Waals surface area (Å²) >= 11 is 0. The van der Waals surface area contributed by atoms with Crippen LogP contribution in [0.1, 0.15) is 62.6 Å². The van der Waals surface area contributed by atoms with Crippen molar-refractivity contribution in [3.05, 3.63) is 99.7 Å². The van der Waals surface area contributed by atoms with Crippen molar-refractivity contribution in [2.24, 2.45) is 0 Å². The van der Waals surface area contributed by atoms with E-state index in [1.807, 2.05) is 43.3 Å². The molecule has 2 N–H and O–H groups in total. The Hall–Kier alpha value is -4.06. The van der Waals surface area contributed by atoms with Gasteiger partial charge in [0.1, 0.15) is 5.75 Å². The number of fused-ring (bicyclic) bond motifs is 1. The van der Waals surface area contributed by atoms with Gasteiger partial charge in [-0.15, -0.1) is 0 Å². The zero-order chi connectivity index (χ0) is 26.8. The first-order valence-electron chi connectivity index (χ1n) is 13.2. The van der Waals surface area contributed by atoms with E-state index in [-0.39, 0.29) is 12.5 Å². The first-order valence-corrected chi connectivity index (χ1v) is 13.2. The van der Waals surface area contributed by atoms with Crippen molar-refractivity contribution in [1.29, 1.82) is 0 Å². The van der Waals surface area contributed by atoms with Gasteiger partial charge in [0.05, 0.1) is 0 Å². The molecule has 1 amide bonds. The molecule has 0 saturated heterocycles. The molecule has 1 aliphatic carbocycles. The Morgan fingerprint density at radius 2 is 1.84 bits per heavy atom. The summed E-state index contributed by atoms with van der Waals surface area (Å²) in [5, 5.41) is 13.0. The highest BCUT2D eigenvalue weighted by atomic mass is 16.5. The molecule has 0 atom stereocenters. The molecule has 196 valence electrons. The van der Waals surface area contributed by atoms with Crippen molar-refractivity contribution in [3.8, 4) is 5.75 Å². The van der Waals surface area contributed by atoms with Gasteiger partial charge in [-0.25, -0.2) is 4.79 Å². The third-order valence-electron chi connectivity index (χ3n) is 7.60. The van der Waals surface area contributed by atoms with Gasteiger partial charge in [-0.3, -0.25) is 4.79 Å². The summed E-state index contributed by atoms with van der Waals surface area (Å²) in [5.41, 5.74) is 8.91. The van der Waals surface area contributed by atoms with Gasteiger partial charge in [0, 0.05) is 35.2 Å². The second kappa shape index (κ2) is 10.7. The van der Waals surface area contributed by atoms with E-state index in [1.54, 1.807) is 0 Å². The van der Waals surface area contributed by atoms with Crippen LogP contribution >= 0.6 is 0 Å². The minimum atomic E-state index is -0.997. The van der Waals surface area contributed by atoms with Crippen LogP contribution in [-0.2, 0) is 17.8 Å². The Bertz CT molecular complexity index is 1510. The average Bonchev–Trinajstić information content (AvgIpc) is 3.73. The number of carboxylic acid groups (broad SMARTS) is 1. The number of carbonyl (C=O) groups excluding carboxylic acids is 1. The van der Waals surface area contributed by atoms with Crippen LogP contribution in [0.25, 0.3) is 10.9 Å². The Morgan fingerprint density at radius 1 is 1.03 bits per heavy atom. The van der Waals surface area contributed by atoms with Crippen LogP contribution in [0.5, 0.6) is 5.75 Å². The van der Waals surface area contributed by atoms with E-state index in [1.165, 1.54) is 24.0 Å². The first kappa shape index (κ1) is 25.6. The molecule has 6 nitrogen and oxygen atoms in total. The average molecular weight is 511 g/mol. The van der Waals surface area contributed by atoms with E-state index >= 15 is 0 Å². The van der Waals surface area contributed by atoms with E-state index in [0.717, 1.165) is 45.6 Å². The van der Waals surface area contributed by atoms with Gasteiger partial charge in [-0.2, -0.15) is 0 Å². The summed E-state index contributed by atoms with van der Waals surface area (Å²) in [6.07, 6.45) is 3.40. The smallest absolute Gasteiger partial charge is 0.341 e. The molecule has 6 heteroatoms. The molecule has 1 aromatic heterocycles. The largest absolute Gasteiger partial charge is 0.482 e. The van der Waals surface area contributed by atoms with E-state index < -0.39 is 5.97 Å². The first-order chi connectivity index (χ1) is 18.3. The maximum atomic E-state index is 13.0. The van der Waals surface area contributed by atoms with Gasteiger partial charge >= 0.3 is 5.97 Å².